The Morgan fingerprint density at radius 3 is 2.73 bits per heavy atom. The summed E-state index contributed by atoms with van der Waals surface area (Å²) in [4.78, 5) is 25.9. The Balaban J connectivity index is 3.31. The quantitative estimate of drug-likeness (QED) is 0.724. The van der Waals surface area contributed by atoms with Gasteiger partial charge in [0, 0.05) is 6.20 Å². The molecule has 0 radical (unpaired) electrons. The van der Waals surface area contributed by atoms with Crippen LogP contribution >= 0.6 is 22.6 Å². The molecule has 0 fully saturated rings. The second-order valence-corrected chi connectivity index (χ2v) is 2.54. The van der Waals surface area contributed by atoms with Gasteiger partial charge in [0.15, 0.2) is 0 Å². The fourth-order valence-corrected chi connectivity index (χ4v) is 0.999. The third-order valence-corrected chi connectivity index (χ3v) is 1.45. The number of hydrogen-bond acceptors (Lipinski definition) is 2. The van der Waals surface area contributed by atoms with Crippen molar-refractivity contribution in [3.63, 3.8) is 0 Å². The summed E-state index contributed by atoms with van der Waals surface area (Å²) < 4.78 is 1.70. The Hall–Kier alpha value is -0.850. The molecule has 0 aromatic carbocycles. The van der Waals surface area contributed by atoms with Crippen molar-refractivity contribution in [3.8, 4) is 0 Å². The molecule has 0 saturated heterocycles. The van der Waals surface area contributed by atoms with Crippen LogP contribution < -0.4 is 11.2 Å². The molecule has 4 nitrogen and oxygen atoms in total. The van der Waals surface area contributed by atoms with Crippen LogP contribution in [0.3, 0.4) is 0 Å². The summed E-state index contributed by atoms with van der Waals surface area (Å²) >= 11 is 1.99. The molecule has 2 N–H and O–H groups in total. The van der Waals surface area contributed by atoms with Crippen LogP contribution in [0.15, 0.2) is 19.9 Å². The molecule has 11 heavy (non-hydrogen) atoms. The van der Waals surface area contributed by atoms with E-state index in [2.05, 4.69) is 9.97 Å². The zero-order valence-electron chi connectivity index (χ0n) is 5.43. The van der Waals surface area contributed by atoms with Crippen LogP contribution in [0.4, 0.5) is 0 Å². The van der Waals surface area contributed by atoms with Crippen molar-refractivity contribution >= 4 is 28.7 Å². The average molecular weight is 264 g/mol. The van der Waals surface area contributed by atoms with Gasteiger partial charge in [0.05, 0.1) is 5.56 Å². The van der Waals surface area contributed by atoms with Gasteiger partial charge in [-0.15, -0.1) is 0 Å². The largest absolute Gasteiger partial charge is 0.325 e. The fraction of sp³-hybridized carbons (Fsp3) is 0. The van der Waals surface area contributed by atoms with Gasteiger partial charge in [-0.05, 0) is 10.2 Å². The minimum Gasteiger partial charge on any atom is -0.314 e. The molecule has 0 atom stereocenters. The van der Waals surface area contributed by atoms with Gasteiger partial charge in [-0.2, -0.15) is 0 Å². The fourth-order valence-electron chi connectivity index (χ4n) is 0.612. The maximum absolute atomic E-state index is 10.9. The van der Waals surface area contributed by atoms with E-state index in [-0.39, 0.29) is 5.56 Å². The van der Waals surface area contributed by atoms with E-state index in [9.17, 15) is 9.59 Å². The molecule has 1 rings (SSSR count). The number of hydrogen-bond donors (Lipinski definition) is 2. The maximum Gasteiger partial charge on any atom is 0.325 e. The lowest BCUT2D eigenvalue weighted by molar-refractivity contribution is 1.03. The molecule has 0 spiro atoms. The molecule has 0 aliphatic rings. The zero-order valence-corrected chi connectivity index (χ0v) is 7.58. The van der Waals surface area contributed by atoms with Crippen molar-refractivity contribution in [2.75, 3.05) is 0 Å². The van der Waals surface area contributed by atoms with Crippen molar-refractivity contribution in [2.24, 2.45) is 0 Å². The normalized spacial score (nSPS) is 10.6. The van der Waals surface area contributed by atoms with Gasteiger partial charge in [-0.25, -0.2) is 4.79 Å². The van der Waals surface area contributed by atoms with E-state index in [1.807, 2.05) is 22.6 Å². The van der Waals surface area contributed by atoms with E-state index in [0.29, 0.717) is 5.56 Å². The van der Waals surface area contributed by atoms with E-state index in [0.717, 1.165) is 0 Å². The Morgan fingerprint density at radius 1 is 1.45 bits per heavy atom. The summed E-state index contributed by atoms with van der Waals surface area (Å²) in [5.74, 6) is 0. The lowest BCUT2D eigenvalue weighted by Crippen LogP contribution is -2.22. The first kappa shape index (κ1) is 8.25. The molecule has 0 saturated carbocycles. The zero-order chi connectivity index (χ0) is 8.27. The van der Waals surface area contributed by atoms with Gasteiger partial charge in [-0.3, -0.25) is 9.78 Å². The maximum atomic E-state index is 10.9. The number of H-pyrrole nitrogens is 2. The number of aromatic nitrogens is 2. The number of aromatic amines is 2. The predicted octanol–water partition coefficient (Wildman–Crippen LogP) is 0.469. The second kappa shape index (κ2) is 3.51. The molecule has 1 aromatic heterocycles. The van der Waals surface area contributed by atoms with Gasteiger partial charge in [0.25, 0.3) is 5.56 Å². The van der Waals surface area contributed by atoms with Crippen molar-refractivity contribution in [1.82, 2.24) is 9.97 Å². The van der Waals surface area contributed by atoms with Crippen LogP contribution in [0.1, 0.15) is 5.56 Å². The summed E-state index contributed by atoms with van der Waals surface area (Å²) in [6, 6.07) is 0. The average Bonchev–Trinajstić information content (AvgIpc) is 1.95. The SMILES string of the molecule is O=c1[nH]cc(C=CI)c(=O)[nH]1. The number of nitrogens with one attached hydrogen (secondary N) is 2. The summed E-state index contributed by atoms with van der Waals surface area (Å²) in [5, 5.41) is 0. The van der Waals surface area contributed by atoms with Gasteiger partial charge < -0.3 is 4.98 Å². The molecule has 0 aliphatic carbocycles. The minimum atomic E-state index is -0.486. The van der Waals surface area contributed by atoms with Crippen molar-refractivity contribution < 1.29 is 0 Å². The molecule has 0 aliphatic heterocycles. The van der Waals surface area contributed by atoms with Crippen LogP contribution in [0.5, 0.6) is 0 Å². The Morgan fingerprint density at radius 2 is 2.18 bits per heavy atom. The molecule has 58 valence electrons. The highest BCUT2D eigenvalue weighted by Gasteiger charge is 1.92. The van der Waals surface area contributed by atoms with E-state index in [1.54, 1.807) is 10.2 Å². The van der Waals surface area contributed by atoms with Crippen LogP contribution in [-0.2, 0) is 0 Å². The summed E-state index contributed by atoms with van der Waals surface area (Å²) in [7, 11) is 0. The molecule has 0 unspecified atom stereocenters. The molecular weight excluding hydrogens is 259 g/mol. The molecule has 0 amide bonds. The topological polar surface area (TPSA) is 65.7 Å². The highest BCUT2D eigenvalue weighted by molar-refractivity contribution is 14.1. The van der Waals surface area contributed by atoms with Crippen LogP contribution in [-0.4, -0.2) is 9.97 Å². The Bertz CT molecular complexity index is 377. The van der Waals surface area contributed by atoms with Crippen LogP contribution in [0.25, 0.3) is 6.08 Å². The lowest BCUT2D eigenvalue weighted by Gasteiger charge is -1.87. The lowest BCUT2D eigenvalue weighted by atomic mass is 10.3. The first-order valence-electron chi connectivity index (χ1n) is 2.83. The van der Waals surface area contributed by atoms with E-state index in [1.165, 1.54) is 6.20 Å². The van der Waals surface area contributed by atoms with Gasteiger partial charge >= 0.3 is 5.69 Å². The standard InChI is InChI=1S/C6H5IN2O2/c7-2-1-4-3-8-6(11)9-5(4)10/h1-3H,(H2,8,9,10,11). The second-order valence-electron chi connectivity index (χ2n) is 1.82. The predicted molar refractivity (Wildman–Crippen MR) is 50.7 cm³/mol. The molecule has 5 heteroatoms. The smallest absolute Gasteiger partial charge is 0.314 e. The molecule has 0 bridgehead atoms. The summed E-state index contributed by atoms with van der Waals surface area (Å²) in [5.41, 5.74) is -0.415. The number of halogens is 1. The minimum absolute atomic E-state index is 0.373. The first-order chi connectivity index (χ1) is 5.24. The number of rotatable bonds is 1. The first-order valence-corrected chi connectivity index (χ1v) is 4.07. The monoisotopic (exact) mass is 264 g/mol. The summed E-state index contributed by atoms with van der Waals surface area (Å²) in [6.45, 7) is 0. The van der Waals surface area contributed by atoms with Crippen LogP contribution in [0, 0.1) is 0 Å². The van der Waals surface area contributed by atoms with Crippen LogP contribution in [0.2, 0.25) is 0 Å². The van der Waals surface area contributed by atoms with Crippen molar-refractivity contribution in [3.05, 3.63) is 36.7 Å². The van der Waals surface area contributed by atoms with Gasteiger partial charge in [0.2, 0.25) is 0 Å². The highest BCUT2D eigenvalue weighted by atomic mass is 127. The molecule has 1 heterocycles. The van der Waals surface area contributed by atoms with E-state index < -0.39 is 5.69 Å². The third kappa shape index (κ3) is 2.04. The molecule has 1 aromatic rings. The van der Waals surface area contributed by atoms with E-state index >= 15 is 0 Å². The van der Waals surface area contributed by atoms with Crippen molar-refractivity contribution in [1.29, 1.82) is 0 Å². The van der Waals surface area contributed by atoms with Gasteiger partial charge in [-0.1, -0.05) is 22.6 Å². The molecular formula is C6H5IN2O2. The van der Waals surface area contributed by atoms with E-state index in [4.69, 9.17) is 0 Å². The Kier molecular flexibility index (Phi) is 2.64. The summed E-state index contributed by atoms with van der Waals surface area (Å²) in [6.07, 6.45) is 2.98. The third-order valence-electron chi connectivity index (χ3n) is 1.09. The van der Waals surface area contributed by atoms with Crippen molar-refractivity contribution in [2.45, 2.75) is 0 Å². The Labute approximate surface area is 75.5 Å². The van der Waals surface area contributed by atoms with Gasteiger partial charge in [0.1, 0.15) is 0 Å². The highest BCUT2D eigenvalue weighted by Crippen LogP contribution is 1.92.